The highest BCUT2D eigenvalue weighted by molar-refractivity contribution is 5.97. The van der Waals surface area contributed by atoms with Crippen molar-refractivity contribution in [2.45, 2.75) is 52.1 Å². The van der Waals surface area contributed by atoms with Crippen LogP contribution in [0.5, 0.6) is 0 Å². The fraction of sp³-hybridized carbons (Fsp3) is 0.429. The molecule has 0 aliphatic heterocycles. The summed E-state index contributed by atoms with van der Waals surface area (Å²) in [6.45, 7) is 6.00. The Kier molecular flexibility index (Phi) is 7.92. The molecule has 0 aliphatic rings. The van der Waals surface area contributed by atoms with E-state index in [9.17, 15) is 9.59 Å². The molecule has 0 saturated heterocycles. The van der Waals surface area contributed by atoms with Crippen LogP contribution in [0.1, 0.15) is 52.0 Å². The first-order valence-corrected chi connectivity index (χ1v) is 9.48. The van der Waals surface area contributed by atoms with E-state index in [2.05, 4.69) is 20.8 Å². The minimum atomic E-state index is -0.495. The number of carbonyl (C=O) groups is 2. The van der Waals surface area contributed by atoms with Crippen molar-refractivity contribution in [3.05, 3.63) is 42.1 Å². The number of fused-ring (bicyclic) bond motifs is 1. The molecule has 0 bridgehead atoms. The van der Waals surface area contributed by atoms with E-state index in [0.717, 1.165) is 35.7 Å². The van der Waals surface area contributed by atoms with E-state index in [1.807, 2.05) is 51.1 Å². The molecule has 0 fully saturated rings. The maximum Gasteiger partial charge on any atom is 0.407 e. The zero-order chi connectivity index (χ0) is 20.4. The van der Waals surface area contributed by atoms with E-state index in [4.69, 9.17) is 4.74 Å². The van der Waals surface area contributed by atoms with Gasteiger partial charge in [-0.1, -0.05) is 30.7 Å². The highest BCUT2D eigenvalue weighted by Crippen LogP contribution is 2.13. The lowest BCUT2D eigenvalue weighted by Gasteiger charge is -2.19. The molecule has 1 aromatic carbocycles. The summed E-state index contributed by atoms with van der Waals surface area (Å²) in [6, 6.07) is 9.68. The van der Waals surface area contributed by atoms with Gasteiger partial charge in [-0.05, 0) is 39.7 Å². The van der Waals surface area contributed by atoms with Gasteiger partial charge in [0.25, 0.3) is 0 Å². The van der Waals surface area contributed by atoms with Gasteiger partial charge in [-0.15, -0.1) is 0 Å². The number of hydrogen-bond acceptors (Lipinski definition) is 5. The van der Waals surface area contributed by atoms with Crippen LogP contribution in [-0.4, -0.2) is 35.3 Å². The number of rotatable bonds is 8. The van der Waals surface area contributed by atoms with Crippen LogP contribution in [0.25, 0.3) is 10.9 Å². The molecule has 0 spiro atoms. The third-order valence-corrected chi connectivity index (χ3v) is 3.81. The summed E-state index contributed by atoms with van der Waals surface area (Å²) >= 11 is 0. The third kappa shape index (κ3) is 7.73. The Labute approximate surface area is 165 Å². The number of pyridine rings is 1. The molecule has 150 valence electrons. The molecule has 7 heteroatoms. The van der Waals surface area contributed by atoms with E-state index in [-0.39, 0.29) is 5.91 Å². The average Bonchev–Trinajstić information content (AvgIpc) is 2.63. The Balaban J connectivity index is 1.63. The van der Waals surface area contributed by atoms with Crippen molar-refractivity contribution in [3.8, 4) is 0 Å². The van der Waals surface area contributed by atoms with Crippen LogP contribution in [0.3, 0.4) is 0 Å². The molecule has 0 aliphatic carbocycles. The predicted molar refractivity (Wildman–Crippen MR) is 110 cm³/mol. The molecule has 0 radical (unpaired) electrons. The monoisotopic (exact) mass is 384 g/mol. The SMILES string of the molecule is CC(C)(C)OC(=O)NCCCCCC(=O)NN=Cc1cccc2cccnc12. The smallest absolute Gasteiger partial charge is 0.407 e. The van der Waals surface area contributed by atoms with E-state index in [1.54, 1.807) is 12.4 Å². The Morgan fingerprint density at radius 2 is 1.93 bits per heavy atom. The van der Waals surface area contributed by atoms with Crippen LogP contribution in [0.2, 0.25) is 0 Å². The van der Waals surface area contributed by atoms with Gasteiger partial charge in [-0.3, -0.25) is 9.78 Å². The van der Waals surface area contributed by atoms with Gasteiger partial charge < -0.3 is 10.1 Å². The largest absolute Gasteiger partial charge is 0.444 e. The van der Waals surface area contributed by atoms with Gasteiger partial charge in [0.05, 0.1) is 11.7 Å². The maximum absolute atomic E-state index is 11.9. The predicted octanol–water partition coefficient (Wildman–Crippen LogP) is 3.77. The van der Waals surface area contributed by atoms with E-state index in [1.165, 1.54) is 0 Å². The minimum Gasteiger partial charge on any atom is -0.444 e. The van der Waals surface area contributed by atoms with Crippen LogP contribution < -0.4 is 10.7 Å². The molecule has 0 atom stereocenters. The van der Waals surface area contributed by atoms with E-state index >= 15 is 0 Å². The number of hydrogen-bond donors (Lipinski definition) is 2. The number of amides is 2. The molecule has 1 aromatic heterocycles. The average molecular weight is 384 g/mol. The number of alkyl carbamates (subject to hydrolysis) is 1. The second-order valence-corrected chi connectivity index (χ2v) is 7.45. The van der Waals surface area contributed by atoms with Crippen molar-refractivity contribution in [1.82, 2.24) is 15.7 Å². The van der Waals surface area contributed by atoms with Crippen LogP contribution in [0, 0.1) is 0 Å². The third-order valence-electron chi connectivity index (χ3n) is 3.81. The Bertz CT molecular complexity index is 823. The van der Waals surface area contributed by atoms with Crippen LogP contribution in [-0.2, 0) is 9.53 Å². The van der Waals surface area contributed by atoms with Gasteiger partial charge in [-0.2, -0.15) is 5.10 Å². The van der Waals surface area contributed by atoms with Crippen molar-refractivity contribution >= 4 is 29.1 Å². The molecule has 2 rings (SSSR count). The molecule has 0 unspecified atom stereocenters. The molecule has 7 nitrogen and oxygen atoms in total. The maximum atomic E-state index is 11.9. The summed E-state index contributed by atoms with van der Waals surface area (Å²) in [5.74, 6) is -0.135. The van der Waals surface area contributed by atoms with Gasteiger partial charge in [-0.25, -0.2) is 10.2 Å². The summed E-state index contributed by atoms with van der Waals surface area (Å²) in [5.41, 5.74) is 3.75. The first-order valence-electron chi connectivity index (χ1n) is 9.48. The van der Waals surface area contributed by atoms with Gasteiger partial charge in [0, 0.05) is 30.1 Å². The van der Waals surface area contributed by atoms with Crippen molar-refractivity contribution in [1.29, 1.82) is 0 Å². The fourth-order valence-corrected chi connectivity index (χ4v) is 2.55. The minimum absolute atomic E-state index is 0.135. The van der Waals surface area contributed by atoms with Crippen molar-refractivity contribution in [2.75, 3.05) is 6.54 Å². The van der Waals surface area contributed by atoms with Gasteiger partial charge >= 0.3 is 6.09 Å². The normalized spacial score (nSPS) is 11.5. The van der Waals surface area contributed by atoms with Gasteiger partial charge in [0.15, 0.2) is 0 Å². The summed E-state index contributed by atoms with van der Waals surface area (Å²) in [7, 11) is 0. The first kappa shape index (κ1) is 21.3. The summed E-state index contributed by atoms with van der Waals surface area (Å²) < 4.78 is 5.16. The Morgan fingerprint density at radius 1 is 1.14 bits per heavy atom. The molecular weight excluding hydrogens is 356 g/mol. The van der Waals surface area contributed by atoms with Crippen LogP contribution in [0.15, 0.2) is 41.6 Å². The van der Waals surface area contributed by atoms with Crippen LogP contribution in [0.4, 0.5) is 4.79 Å². The van der Waals surface area contributed by atoms with Crippen molar-refractivity contribution in [2.24, 2.45) is 5.10 Å². The number of nitrogens with zero attached hydrogens (tertiary/aromatic N) is 2. The van der Waals surface area contributed by atoms with E-state index < -0.39 is 11.7 Å². The second-order valence-electron chi connectivity index (χ2n) is 7.45. The lowest BCUT2D eigenvalue weighted by atomic mass is 10.1. The molecule has 2 N–H and O–H groups in total. The first-order chi connectivity index (χ1) is 13.3. The lowest BCUT2D eigenvalue weighted by molar-refractivity contribution is -0.121. The quantitative estimate of drug-likeness (QED) is 0.412. The summed E-state index contributed by atoms with van der Waals surface area (Å²) in [6.07, 6.45) is 5.67. The van der Waals surface area contributed by atoms with Gasteiger partial charge in [0.2, 0.25) is 5.91 Å². The van der Waals surface area contributed by atoms with Crippen molar-refractivity contribution < 1.29 is 14.3 Å². The zero-order valence-electron chi connectivity index (χ0n) is 16.7. The highest BCUT2D eigenvalue weighted by Gasteiger charge is 2.15. The van der Waals surface area contributed by atoms with Crippen LogP contribution >= 0.6 is 0 Å². The lowest BCUT2D eigenvalue weighted by Crippen LogP contribution is -2.33. The highest BCUT2D eigenvalue weighted by atomic mass is 16.6. The number of ether oxygens (including phenoxy) is 1. The van der Waals surface area contributed by atoms with Crippen molar-refractivity contribution in [3.63, 3.8) is 0 Å². The topological polar surface area (TPSA) is 92.7 Å². The second kappa shape index (κ2) is 10.4. The molecule has 0 saturated carbocycles. The number of benzene rings is 1. The number of nitrogens with one attached hydrogen (secondary N) is 2. The Morgan fingerprint density at radius 3 is 2.71 bits per heavy atom. The van der Waals surface area contributed by atoms with E-state index in [0.29, 0.717) is 13.0 Å². The standard InChI is InChI=1S/C21H28N4O3/c1-21(2,3)28-20(27)23-13-6-4-5-12-18(26)25-24-15-17-10-7-9-16-11-8-14-22-19(16)17/h7-11,14-15H,4-6,12-13H2,1-3H3,(H,23,27)(H,25,26). The molecule has 1 heterocycles. The zero-order valence-corrected chi connectivity index (χ0v) is 16.7. The number of hydrazone groups is 1. The summed E-state index contributed by atoms with van der Waals surface area (Å²) in [4.78, 5) is 27.7. The summed E-state index contributed by atoms with van der Waals surface area (Å²) in [5, 5.41) is 7.75. The molecular formula is C21H28N4O3. The van der Waals surface area contributed by atoms with Gasteiger partial charge in [0.1, 0.15) is 5.60 Å². The molecule has 28 heavy (non-hydrogen) atoms. The fourth-order valence-electron chi connectivity index (χ4n) is 2.55. The molecule has 2 aromatic rings. The Hall–Kier alpha value is -2.96. The number of carbonyl (C=O) groups excluding carboxylic acids is 2. The number of unbranched alkanes of at least 4 members (excludes halogenated alkanes) is 2. The molecule has 2 amide bonds. The number of aromatic nitrogens is 1. The number of para-hydroxylation sites is 1.